The summed E-state index contributed by atoms with van der Waals surface area (Å²) < 4.78 is 38.1. The fourth-order valence-corrected chi connectivity index (χ4v) is 2.80. The highest BCUT2D eigenvalue weighted by molar-refractivity contribution is 6.33. The Morgan fingerprint density at radius 3 is 2.33 bits per heavy atom. The maximum atomic E-state index is 12.7. The standard InChI is InChI=1S/C17H21ClF3N3O3/c1-16(27,17(19,20)21)10-15(26)24-8-6-23(7-9-24)11-14(25)22-13-5-3-2-4-12(13)18/h2-5,27H,6-11H2,1H3,(H,22,25)/t16-/m0/s1. The van der Waals surface area contributed by atoms with E-state index >= 15 is 0 Å². The number of amides is 2. The highest BCUT2D eigenvalue weighted by atomic mass is 35.5. The zero-order valence-corrected chi connectivity index (χ0v) is 15.5. The van der Waals surface area contributed by atoms with Gasteiger partial charge in [-0.3, -0.25) is 14.5 Å². The normalized spacial score (nSPS) is 18.1. The molecule has 0 aliphatic carbocycles. The Balaban J connectivity index is 1.80. The maximum Gasteiger partial charge on any atom is 0.417 e. The van der Waals surface area contributed by atoms with Gasteiger partial charge in [0.1, 0.15) is 0 Å². The first-order chi connectivity index (χ1) is 12.5. The van der Waals surface area contributed by atoms with Crippen molar-refractivity contribution in [3.8, 4) is 0 Å². The van der Waals surface area contributed by atoms with Crippen molar-refractivity contribution >= 4 is 29.1 Å². The van der Waals surface area contributed by atoms with Crippen LogP contribution in [0.25, 0.3) is 0 Å². The number of aliphatic hydroxyl groups is 1. The summed E-state index contributed by atoms with van der Waals surface area (Å²) in [6.07, 6.45) is -5.90. The Morgan fingerprint density at radius 1 is 1.19 bits per heavy atom. The van der Waals surface area contributed by atoms with E-state index in [2.05, 4.69) is 5.32 Å². The second-order valence-electron chi connectivity index (χ2n) is 6.63. The highest BCUT2D eigenvalue weighted by Crippen LogP contribution is 2.33. The van der Waals surface area contributed by atoms with Crippen molar-refractivity contribution in [1.82, 2.24) is 9.80 Å². The van der Waals surface area contributed by atoms with Gasteiger partial charge in [-0.15, -0.1) is 0 Å². The van der Waals surface area contributed by atoms with E-state index in [0.29, 0.717) is 30.7 Å². The number of halogens is 4. The van der Waals surface area contributed by atoms with Gasteiger partial charge in [-0.05, 0) is 19.1 Å². The third kappa shape index (κ3) is 5.82. The third-order valence-corrected chi connectivity index (χ3v) is 4.68. The number of para-hydroxylation sites is 1. The van der Waals surface area contributed by atoms with Gasteiger partial charge in [0.05, 0.1) is 23.7 Å². The van der Waals surface area contributed by atoms with Crippen LogP contribution in [-0.4, -0.2) is 71.2 Å². The average Bonchev–Trinajstić information content (AvgIpc) is 2.56. The molecule has 0 saturated carbocycles. The molecular formula is C17H21ClF3N3O3. The van der Waals surface area contributed by atoms with Crippen molar-refractivity contribution in [2.75, 3.05) is 38.0 Å². The van der Waals surface area contributed by atoms with E-state index in [9.17, 15) is 27.9 Å². The monoisotopic (exact) mass is 407 g/mol. The van der Waals surface area contributed by atoms with E-state index < -0.39 is 24.1 Å². The Labute approximate surface area is 159 Å². The lowest BCUT2D eigenvalue weighted by Crippen LogP contribution is -2.53. The fraction of sp³-hybridized carbons (Fsp3) is 0.529. The predicted octanol–water partition coefficient (Wildman–Crippen LogP) is 2.13. The van der Waals surface area contributed by atoms with Crippen LogP contribution >= 0.6 is 11.6 Å². The third-order valence-electron chi connectivity index (χ3n) is 4.35. The smallest absolute Gasteiger partial charge is 0.380 e. The summed E-state index contributed by atoms with van der Waals surface area (Å²) in [5.41, 5.74) is -2.57. The zero-order valence-electron chi connectivity index (χ0n) is 14.7. The van der Waals surface area contributed by atoms with Gasteiger partial charge in [0.2, 0.25) is 11.8 Å². The number of alkyl halides is 3. The summed E-state index contributed by atoms with van der Waals surface area (Å²) in [4.78, 5) is 27.2. The van der Waals surface area contributed by atoms with Crippen LogP contribution in [0.15, 0.2) is 24.3 Å². The number of carbonyl (C=O) groups excluding carboxylic acids is 2. The molecule has 1 atom stereocenters. The molecular weight excluding hydrogens is 387 g/mol. The van der Waals surface area contributed by atoms with Gasteiger partial charge in [-0.1, -0.05) is 23.7 Å². The number of piperazine rings is 1. The number of nitrogens with one attached hydrogen (secondary N) is 1. The molecule has 2 amide bonds. The fourth-order valence-electron chi connectivity index (χ4n) is 2.62. The molecule has 1 fully saturated rings. The molecule has 1 aliphatic heterocycles. The molecule has 150 valence electrons. The molecule has 1 heterocycles. The zero-order chi connectivity index (χ0) is 20.2. The van der Waals surface area contributed by atoms with E-state index in [1.807, 2.05) is 0 Å². The Hall–Kier alpha value is -1.84. The van der Waals surface area contributed by atoms with Crippen molar-refractivity contribution in [1.29, 1.82) is 0 Å². The lowest BCUT2D eigenvalue weighted by atomic mass is 10.0. The van der Waals surface area contributed by atoms with Gasteiger partial charge < -0.3 is 15.3 Å². The lowest BCUT2D eigenvalue weighted by molar-refractivity contribution is -0.254. The first kappa shape index (κ1) is 21.5. The van der Waals surface area contributed by atoms with Crippen LogP contribution in [0.1, 0.15) is 13.3 Å². The minimum absolute atomic E-state index is 0.0769. The summed E-state index contributed by atoms with van der Waals surface area (Å²) in [5, 5.41) is 12.5. The molecule has 2 N–H and O–H groups in total. The van der Waals surface area contributed by atoms with Gasteiger partial charge in [-0.2, -0.15) is 13.2 Å². The summed E-state index contributed by atoms with van der Waals surface area (Å²) in [5.74, 6) is -1.04. The van der Waals surface area contributed by atoms with Gasteiger partial charge in [0.25, 0.3) is 0 Å². The largest absolute Gasteiger partial charge is 0.417 e. The Bertz CT molecular complexity index is 689. The first-order valence-electron chi connectivity index (χ1n) is 8.33. The molecule has 0 radical (unpaired) electrons. The molecule has 1 aliphatic rings. The van der Waals surface area contributed by atoms with E-state index in [1.165, 1.54) is 4.90 Å². The second kappa shape index (κ2) is 8.45. The SMILES string of the molecule is C[C@](O)(CC(=O)N1CCN(CC(=O)Nc2ccccc2Cl)CC1)C(F)(F)F. The minimum Gasteiger partial charge on any atom is -0.380 e. The Kier molecular flexibility index (Phi) is 6.72. The molecule has 1 saturated heterocycles. The molecule has 1 aromatic carbocycles. The molecule has 10 heteroatoms. The van der Waals surface area contributed by atoms with Crippen molar-refractivity contribution in [2.45, 2.75) is 25.1 Å². The van der Waals surface area contributed by atoms with Crippen LogP contribution in [0.2, 0.25) is 5.02 Å². The molecule has 2 rings (SSSR count). The molecule has 27 heavy (non-hydrogen) atoms. The average molecular weight is 408 g/mol. The number of benzene rings is 1. The summed E-state index contributed by atoms with van der Waals surface area (Å²) in [6.45, 7) is 1.72. The quantitative estimate of drug-likeness (QED) is 0.784. The summed E-state index contributed by atoms with van der Waals surface area (Å²) in [6, 6.07) is 6.80. The topological polar surface area (TPSA) is 72.9 Å². The summed E-state index contributed by atoms with van der Waals surface area (Å²) >= 11 is 5.98. The van der Waals surface area contributed by atoms with Crippen molar-refractivity contribution < 1.29 is 27.9 Å². The van der Waals surface area contributed by atoms with Crippen LogP contribution in [0, 0.1) is 0 Å². The van der Waals surface area contributed by atoms with E-state index in [0.717, 1.165) is 0 Å². The molecule has 1 aromatic rings. The highest BCUT2D eigenvalue weighted by Gasteiger charge is 2.51. The van der Waals surface area contributed by atoms with Crippen LogP contribution in [-0.2, 0) is 9.59 Å². The lowest BCUT2D eigenvalue weighted by Gasteiger charge is -2.36. The van der Waals surface area contributed by atoms with E-state index in [-0.39, 0.29) is 25.5 Å². The number of carbonyl (C=O) groups is 2. The van der Waals surface area contributed by atoms with Gasteiger partial charge in [-0.25, -0.2) is 0 Å². The Morgan fingerprint density at radius 2 is 1.78 bits per heavy atom. The number of nitrogens with zero attached hydrogens (tertiary/aromatic N) is 2. The van der Waals surface area contributed by atoms with Crippen LogP contribution in [0.5, 0.6) is 0 Å². The predicted molar refractivity (Wildman–Crippen MR) is 94.4 cm³/mol. The van der Waals surface area contributed by atoms with Gasteiger partial charge >= 0.3 is 6.18 Å². The number of rotatable bonds is 5. The second-order valence-corrected chi connectivity index (χ2v) is 7.04. The molecule has 6 nitrogen and oxygen atoms in total. The molecule has 0 bridgehead atoms. The summed E-state index contributed by atoms with van der Waals surface area (Å²) in [7, 11) is 0. The van der Waals surface area contributed by atoms with Crippen molar-refractivity contribution in [3.05, 3.63) is 29.3 Å². The van der Waals surface area contributed by atoms with Gasteiger partial charge in [0.15, 0.2) is 5.60 Å². The van der Waals surface area contributed by atoms with Gasteiger partial charge in [0, 0.05) is 26.2 Å². The van der Waals surface area contributed by atoms with Crippen molar-refractivity contribution in [2.24, 2.45) is 0 Å². The molecule has 0 unspecified atom stereocenters. The first-order valence-corrected chi connectivity index (χ1v) is 8.71. The van der Waals surface area contributed by atoms with Crippen molar-refractivity contribution in [3.63, 3.8) is 0 Å². The van der Waals surface area contributed by atoms with E-state index in [1.54, 1.807) is 29.2 Å². The van der Waals surface area contributed by atoms with E-state index in [4.69, 9.17) is 11.6 Å². The minimum atomic E-state index is -4.87. The number of hydrogen-bond acceptors (Lipinski definition) is 4. The molecule has 0 aromatic heterocycles. The number of anilines is 1. The number of hydrogen-bond donors (Lipinski definition) is 2. The van der Waals surface area contributed by atoms with Crippen LogP contribution in [0.4, 0.5) is 18.9 Å². The molecule has 0 spiro atoms. The van der Waals surface area contributed by atoms with Crippen LogP contribution < -0.4 is 5.32 Å². The van der Waals surface area contributed by atoms with Crippen LogP contribution in [0.3, 0.4) is 0 Å². The maximum absolute atomic E-state index is 12.7.